The Morgan fingerprint density at radius 1 is 1.14 bits per heavy atom. The minimum Gasteiger partial charge on any atom is -0.385 e. The van der Waals surface area contributed by atoms with E-state index in [2.05, 4.69) is 22.5 Å². The van der Waals surface area contributed by atoms with Crippen LogP contribution in [0, 0.1) is 23.0 Å². The molecule has 0 radical (unpaired) electrons. The fourth-order valence-electron chi connectivity index (χ4n) is 4.97. The van der Waals surface area contributed by atoms with Crippen LogP contribution in [-0.2, 0) is 6.42 Å². The summed E-state index contributed by atoms with van der Waals surface area (Å²) in [5.41, 5.74) is 9.51. The molecule has 2 aliphatic carbocycles. The molecule has 2 unspecified atom stereocenters. The quantitative estimate of drug-likeness (QED) is 0.348. The number of Topliss-reactive ketones (excluding diaryl/α,β-unsaturated/α-hetero) is 1. The van der Waals surface area contributed by atoms with Crippen molar-refractivity contribution in [2.24, 2.45) is 17.1 Å². The SMILES string of the molecule is C/C=C(\C=C(/N)NC(=O)c1c(F)cccc1F)c1[nH]c2c(c1Nc1ccccc1)C(=O)C1CC1(C)C2. The van der Waals surface area contributed by atoms with E-state index in [1.807, 2.05) is 30.3 Å². The molecule has 5 N–H and O–H groups in total. The lowest BCUT2D eigenvalue weighted by Crippen LogP contribution is -2.29. The first kappa shape index (κ1) is 23.5. The van der Waals surface area contributed by atoms with E-state index >= 15 is 0 Å². The first-order chi connectivity index (χ1) is 17.2. The average molecular weight is 489 g/mol. The lowest BCUT2D eigenvalue weighted by atomic mass is 9.87. The van der Waals surface area contributed by atoms with E-state index in [1.54, 1.807) is 13.0 Å². The molecule has 2 atom stereocenters. The van der Waals surface area contributed by atoms with Gasteiger partial charge in [-0.2, -0.15) is 0 Å². The number of hydrogen-bond donors (Lipinski definition) is 4. The molecule has 5 rings (SSSR count). The number of aromatic amines is 1. The summed E-state index contributed by atoms with van der Waals surface area (Å²) >= 11 is 0. The molecule has 184 valence electrons. The molecule has 2 aromatic carbocycles. The minimum absolute atomic E-state index is 0.00888. The highest BCUT2D eigenvalue weighted by Gasteiger charge is 2.58. The van der Waals surface area contributed by atoms with Crippen molar-refractivity contribution in [1.82, 2.24) is 10.3 Å². The standard InChI is InChI=1S/C28H26F2N4O2/c1-3-15(12-21(31)34-27(36)22-18(29)10-7-11-19(22)30)24-25(32-16-8-5-4-6-9-16)23-20(33-24)14-28(2)13-17(28)26(23)35/h3-12,17,32-33H,13-14,31H2,1-2H3,(H,34,36)/b15-3+,21-12+. The second-order valence-corrected chi connectivity index (χ2v) is 9.57. The summed E-state index contributed by atoms with van der Waals surface area (Å²) in [5.74, 6) is -2.95. The van der Waals surface area contributed by atoms with Gasteiger partial charge in [0.1, 0.15) is 23.0 Å². The number of nitrogens with one attached hydrogen (secondary N) is 3. The number of carbonyl (C=O) groups excluding carboxylic acids is 2. The summed E-state index contributed by atoms with van der Waals surface area (Å²) in [6.07, 6.45) is 4.90. The number of H-pyrrole nitrogens is 1. The predicted octanol–water partition coefficient (Wildman–Crippen LogP) is 5.43. The van der Waals surface area contributed by atoms with Crippen LogP contribution in [0.15, 0.2) is 66.5 Å². The van der Waals surface area contributed by atoms with Crippen LogP contribution >= 0.6 is 0 Å². The zero-order valence-electron chi connectivity index (χ0n) is 19.9. The Morgan fingerprint density at radius 2 is 1.83 bits per heavy atom. The molecule has 1 heterocycles. The van der Waals surface area contributed by atoms with E-state index in [0.717, 1.165) is 36.4 Å². The molecule has 1 saturated carbocycles. The van der Waals surface area contributed by atoms with Crippen LogP contribution < -0.4 is 16.4 Å². The number of rotatable bonds is 6. The molecule has 8 heteroatoms. The van der Waals surface area contributed by atoms with E-state index < -0.39 is 23.1 Å². The number of fused-ring (bicyclic) bond motifs is 2. The number of nitrogens with two attached hydrogens (primary N) is 1. The fourth-order valence-corrected chi connectivity index (χ4v) is 4.97. The smallest absolute Gasteiger partial charge is 0.262 e. The molecule has 0 spiro atoms. The maximum Gasteiger partial charge on any atom is 0.262 e. The zero-order chi connectivity index (χ0) is 25.6. The third-order valence-corrected chi connectivity index (χ3v) is 6.97. The molecular formula is C28H26F2N4O2. The Kier molecular flexibility index (Phi) is 5.74. The van der Waals surface area contributed by atoms with Gasteiger partial charge in [0.25, 0.3) is 5.91 Å². The van der Waals surface area contributed by atoms with Crippen molar-refractivity contribution in [3.63, 3.8) is 0 Å². The van der Waals surface area contributed by atoms with Crippen LogP contribution in [0.2, 0.25) is 0 Å². The molecule has 1 amide bonds. The third kappa shape index (κ3) is 4.08. The number of halogens is 2. The highest BCUT2D eigenvalue weighted by molar-refractivity contribution is 6.10. The van der Waals surface area contributed by atoms with Crippen molar-refractivity contribution in [3.8, 4) is 0 Å². The molecule has 0 bridgehead atoms. The number of allylic oxidation sites excluding steroid dienone is 3. The second-order valence-electron chi connectivity index (χ2n) is 9.57. The van der Waals surface area contributed by atoms with Gasteiger partial charge in [-0.15, -0.1) is 0 Å². The maximum absolute atomic E-state index is 14.0. The summed E-state index contributed by atoms with van der Waals surface area (Å²) in [5, 5.41) is 5.73. The number of anilines is 2. The van der Waals surface area contributed by atoms with Crippen molar-refractivity contribution >= 4 is 28.6 Å². The van der Waals surface area contributed by atoms with Crippen molar-refractivity contribution in [2.75, 3.05) is 5.32 Å². The van der Waals surface area contributed by atoms with E-state index in [0.29, 0.717) is 22.5 Å². The van der Waals surface area contributed by atoms with Crippen LogP contribution in [0.25, 0.3) is 5.57 Å². The molecule has 2 aliphatic rings. The highest BCUT2D eigenvalue weighted by Crippen LogP contribution is 2.60. The zero-order valence-corrected chi connectivity index (χ0v) is 19.9. The van der Waals surface area contributed by atoms with Crippen LogP contribution in [0.3, 0.4) is 0 Å². The van der Waals surface area contributed by atoms with Gasteiger partial charge < -0.3 is 21.4 Å². The van der Waals surface area contributed by atoms with Gasteiger partial charge in [-0.25, -0.2) is 8.78 Å². The largest absolute Gasteiger partial charge is 0.385 e. The van der Waals surface area contributed by atoms with Crippen LogP contribution in [-0.4, -0.2) is 16.7 Å². The van der Waals surface area contributed by atoms with Crippen molar-refractivity contribution in [1.29, 1.82) is 0 Å². The molecule has 1 fully saturated rings. The molecule has 6 nitrogen and oxygen atoms in total. The van der Waals surface area contributed by atoms with Gasteiger partial charge in [0, 0.05) is 17.3 Å². The number of hydrogen-bond acceptors (Lipinski definition) is 4. The van der Waals surface area contributed by atoms with E-state index in [9.17, 15) is 18.4 Å². The number of benzene rings is 2. The average Bonchev–Trinajstić information content (AvgIpc) is 3.41. The minimum atomic E-state index is -0.994. The van der Waals surface area contributed by atoms with Gasteiger partial charge in [0.2, 0.25) is 0 Å². The number of carbonyl (C=O) groups is 2. The van der Waals surface area contributed by atoms with Gasteiger partial charge in [-0.05, 0) is 61.1 Å². The molecule has 1 aromatic heterocycles. The molecular weight excluding hydrogens is 462 g/mol. The predicted molar refractivity (Wildman–Crippen MR) is 135 cm³/mol. The lowest BCUT2D eigenvalue weighted by molar-refractivity contribution is 0.0937. The number of amides is 1. The summed E-state index contributed by atoms with van der Waals surface area (Å²) < 4.78 is 28.0. The van der Waals surface area contributed by atoms with E-state index in [-0.39, 0.29) is 22.9 Å². The summed E-state index contributed by atoms with van der Waals surface area (Å²) in [7, 11) is 0. The monoisotopic (exact) mass is 488 g/mol. The summed E-state index contributed by atoms with van der Waals surface area (Å²) in [6, 6.07) is 12.7. The first-order valence-electron chi connectivity index (χ1n) is 11.7. The second kappa shape index (κ2) is 8.78. The molecule has 0 aliphatic heterocycles. The topological polar surface area (TPSA) is 100 Å². The van der Waals surface area contributed by atoms with E-state index in [4.69, 9.17) is 5.73 Å². The number of para-hydroxylation sites is 1. The number of aromatic nitrogens is 1. The maximum atomic E-state index is 14.0. The molecule has 36 heavy (non-hydrogen) atoms. The third-order valence-electron chi connectivity index (χ3n) is 6.97. The Labute approximate surface area is 207 Å². The highest BCUT2D eigenvalue weighted by atomic mass is 19.1. The van der Waals surface area contributed by atoms with Crippen LogP contribution in [0.1, 0.15) is 52.4 Å². The van der Waals surface area contributed by atoms with Gasteiger partial charge in [0.05, 0.1) is 16.9 Å². The van der Waals surface area contributed by atoms with Gasteiger partial charge in [-0.3, -0.25) is 9.59 Å². The normalized spacial score (nSPS) is 21.0. The lowest BCUT2D eigenvalue weighted by Gasteiger charge is -2.18. The van der Waals surface area contributed by atoms with Crippen molar-refractivity contribution in [3.05, 3.63) is 101 Å². The van der Waals surface area contributed by atoms with Gasteiger partial charge in [-0.1, -0.05) is 37.3 Å². The Balaban J connectivity index is 1.51. The Morgan fingerprint density at radius 3 is 2.50 bits per heavy atom. The Hall–Kier alpha value is -4.20. The Bertz CT molecular complexity index is 1420. The van der Waals surface area contributed by atoms with Gasteiger partial charge in [0.15, 0.2) is 5.78 Å². The van der Waals surface area contributed by atoms with Crippen LogP contribution in [0.4, 0.5) is 20.2 Å². The summed E-state index contributed by atoms with van der Waals surface area (Å²) in [4.78, 5) is 29.2. The fraction of sp³-hybridized carbons (Fsp3) is 0.214. The van der Waals surface area contributed by atoms with Crippen molar-refractivity contribution < 1.29 is 18.4 Å². The molecule has 3 aromatic rings. The molecule has 0 saturated heterocycles. The summed E-state index contributed by atoms with van der Waals surface area (Å²) in [6.45, 7) is 3.92. The van der Waals surface area contributed by atoms with E-state index in [1.165, 1.54) is 12.1 Å². The van der Waals surface area contributed by atoms with Crippen LogP contribution in [0.5, 0.6) is 0 Å². The van der Waals surface area contributed by atoms with Crippen molar-refractivity contribution in [2.45, 2.75) is 26.7 Å². The van der Waals surface area contributed by atoms with Gasteiger partial charge >= 0.3 is 0 Å². The number of ketones is 1. The first-order valence-corrected chi connectivity index (χ1v) is 11.7.